The normalized spacial score (nSPS) is 6.29. The van der Waals surface area contributed by atoms with E-state index in [1.807, 2.05) is 0 Å². The van der Waals surface area contributed by atoms with E-state index in [0.717, 1.165) is 0 Å². The number of carbonyl (C=O) groups excluding carboxylic acids is 1. The van der Waals surface area contributed by atoms with Crippen molar-refractivity contribution in [3.05, 3.63) is 6.42 Å². The Kier molecular flexibility index (Phi) is 8.94. The van der Waals surface area contributed by atoms with Crippen LogP contribution in [0.25, 0.3) is 0 Å². The number of carboxylic acid groups (broad SMARTS) is 1. The van der Waals surface area contributed by atoms with Gasteiger partial charge in [0, 0.05) is 0 Å². The quantitative estimate of drug-likeness (QED) is 0.277. The molecule has 0 aromatic carbocycles. The monoisotopic (exact) mass is 111 g/mol. The van der Waals surface area contributed by atoms with E-state index in [-0.39, 0.29) is 35.8 Å². The van der Waals surface area contributed by atoms with Crippen LogP contribution in [-0.2, 0) is 9.59 Å². The van der Waals surface area contributed by atoms with Crippen LogP contribution in [0.1, 0.15) is 0 Å². The van der Waals surface area contributed by atoms with Gasteiger partial charge in [0.1, 0.15) is 12.7 Å². The molecule has 7 heavy (non-hydrogen) atoms. The Morgan fingerprint density at radius 2 is 2.00 bits per heavy atom. The van der Waals surface area contributed by atoms with Gasteiger partial charge in [-0.1, -0.05) is 0 Å². The van der Waals surface area contributed by atoms with Crippen LogP contribution in [0.15, 0.2) is 0 Å². The second-order valence-electron chi connectivity index (χ2n) is 0.641. The zero-order valence-corrected chi connectivity index (χ0v) is 2.92. The predicted molar refractivity (Wildman–Crippen MR) is 25.1 cm³/mol. The molecule has 0 amide bonds. The molecule has 0 aliphatic rings. The molecule has 0 aromatic heterocycles. The summed E-state index contributed by atoms with van der Waals surface area (Å²) in [6.07, 6.45) is 0.752. The Morgan fingerprint density at radius 3 is 2.00 bits per heavy atom. The predicted octanol–water partition coefficient (Wildman–Crippen LogP) is -1.17. The second-order valence-corrected chi connectivity index (χ2v) is 0.641. The molecule has 0 aliphatic carbocycles. The summed E-state index contributed by atoms with van der Waals surface area (Å²) in [7, 11) is 0. The fourth-order valence-electron chi connectivity index (χ4n) is 0.0582. The summed E-state index contributed by atoms with van der Waals surface area (Å²) < 4.78 is 0. The number of carboxylic acids is 1. The summed E-state index contributed by atoms with van der Waals surface area (Å²) in [6, 6.07) is 0. The average Bonchev–Trinajstić information content (AvgIpc) is 1.35. The molecule has 0 atom stereocenters. The van der Waals surface area contributed by atoms with Gasteiger partial charge in [-0.2, -0.15) is 0 Å². The first-order valence-corrected chi connectivity index (χ1v) is 1.29. The Balaban J connectivity index is 0. The van der Waals surface area contributed by atoms with E-state index in [1.54, 1.807) is 0 Å². The molecule has 0 heterocycles. The van der Waals surface area contributed by atoms with Crippen LogP contribution in [0.5, 0.6) is 0 Å². The molecule has 35 valence electrons. The Bertz CT molecular complexity index is 70.6. The Morgan fingerprint density at radius 1 is 1.57 bits per heavy atom. The zero-order valence-electron chi connectivity index (χ0n) is 2.92. The summed E-state index contributed by atoms with van der Waals surface area (Å²) in [5.74, 6) is -1.20. The number of rotatable bonds is 2. The molecular weight excluding hydrogens is 107 g/mol. The number of hydrogen-bond donors (Lipinski definition) is 1. The van der Waals surface area contributed by atoms with Crippen molar-refractivity contribution in [2.45, 2.75) is 0 Å². The van der Waals surface area contributed by atoms with Gasteiger partial charge < -0.3 is 9.90 Å². The van der Waals surface area contributed by atoms with Gasteiger partial charge in [-0.15, -0.1) is 0 Å². The van der Waals surface area contributed by atoms with Crippen molar-refractivity contribution in [1.82, 2.24) is 0 Å². The van der Waals surface area contributed by atoms with Crippen LogP contribution in [0, 0.1) is 6.42 Å². The maximum absolute atomic E-state index is 9.31. The molecule has 0 bridgehead atoms. The van der Waals surface area contributed by atoms with Crippen LogP contribution in [-0.4, -0.2) is 46.9 Å². The molecule has 0 spiro atoms. The van der Waals surface area contributed by atoms with E-state index in [4.69, 9.17) is 5.11 Å². The van der Waals surface area contributed by atoms with Crippen molar-refractivity contribution < 1.29 is 14.7 Å². The van der Waals surface area contributed by atoms with E-state index in [2.05, 4.69) is 0 Å². The van der Waals surface area contributed by atoms with Gasteiger partial charge in [0.15, 0.2) is 0 Å². The van der Waals surface area contributed by atoms with Crippen LogP contribution in [0.4, 0.5) is 0 Å². The van der Waals surface area contributed by atoms with Gasteiger partial charge in [-0.3, -0.25) is 4.79 Å². The molecule has 1 radical (unpaired) electrons. The van der Waals surface area contributed by atoms with Crippen molar-refractivity contribution in [3.8, 4) is 0 Å². The third kappa shape index (κ3) is 10.7. The molecule has 0 unspecified atom stereocenters. The number of hydrogen-bond acceptors (Lipinski definition) is 2. The summed E-state index contributed by atoms with van der Waals surface area (Å²) >= 11 is 0. The molecule has 3 nitrogen and oxygen atoms in total. The summed E-state index contributed by atoms with van der Waals surface area (Å²) in [5.41, 5.74) is 0. The van der Waals surface area contributed by atoms with Crippen molar-refractivity contribution in [2.75, 3.05) is 0 Å². The topological polar surface area (TPSA) is 54.4 Å². The summed E-state index contributed by atoms with van der Waals surface area (Å²) in [6.45, 7) is 0. The number of carbonyl (C=O) groups is 2. The SMILES string of the molecule is O=C[CH]C(=O)O.[NaH]. The molecule has 0 aliphatic heterocycles. The molecule has 0 rings (SSSR count). The van der Waals surface area contributed by atoms with Crippen LogP contribution in [0.3, 0.4) is 0 Å². The molecule has 4 heteroatoms. The van der Waals surface area contributed by atoms with Gasteiger partial charge in [0.2, 0.25) is 0 Å². The number of aliphatic carboxylic acids is 1. The first-order chi connectivity index (χ1) is 2.77. The fourth-order valence-corrected chi connectivity index (χ4v) is 0.0582. The van der Waals surface area contributed by atoms with Crippen LogP contribution < -0.4 is 0 Å². The summed E-state index contributed by atoms with van der Waals surface area (Å²) in [4.78, 5) is 18.5. The van der Waals surface area contributed by atoms with E-state index < -0.39 is 5.97 Å². The van der Waals surface area contributed by atoms with Crippen molar-refractivity contribution in [1.29, 1.82) is 0 Å². The van der Waals surface area contributed by atoms with E-state index >= 15 is 0 Å². The van der Waals surface area contributed by atoms with E-state index in [9.17, 15) is 9.59 Å². The third-order valence-corrected chi connectivity index (χ3v) is 0.211. The third-order valence-electron chi connectivity index (χ3n) is 0.211. The summed E-state index contributed by atoms with van der Waals surface area (Å²) in [5, 5.41) is 7.63. The van der Waals surface area contributed by atoms with Gasteiger partial charge in [-0.05, 0) is 0 Å². The molecule has 0 saturated carbocycles. The molecule has 1 N–H and O–H groups in total. The molecule has 0 saturated heterocycles. The standard InChI is InChI=1S/C3H3O3.Na.H/c4-2-1-3(5)6;;/h1-2H,(H,5,6);;. The van der Waals surface area contributed by atoms with E-state index in [0.29, 0.717) is 6.42 Å². The minimum absolute atomic E-state index is 0. The van der Waals surface area contributed by atoms with Gasteiger partial charge in [-0.25, -0.2) is 0 Å². The average molecular weight is 111 g/mol. The molecule has 0 fully saturated rings. The van der Waals surface area contributed by atoms with E-state index in [1.165, 1.54) is 0 Å². The Labute approximate surface area is 63.0 Å². The molecular formula is C3H4NaO3. The number of aldehydes is 1. The Hall–Kier alpha value is 0.140. The van der Waals surface area contributed by atoms with Crippen LogP contribution in [0.2, 0.25) is 0 Å². The van der Waals surface area contributed by atoms with Crippen molar-refractivity contribution >= 4 is 41.8 Å². The zero-order chi connectivity index (χ0) is 4.99. The molecule has 0 aromatic rings. The van der Waals surface area contributed by atoms with Crippen molar-refractivity contribution in [3.63, 3.8) is 0 Å². The first kappa shape index (κ1) is 10.2. The second kappa shape index (κ2) is 6.14. The van der Waals surface area contributed by atoms with Gasteiger partial charge in [0.25, 0.3) is 0 Å². The first-order valence-electron chi connectivity index (χ1n) is 1.29. The minimum atomic E-state index is -1.20. The van der Waals surface area contributed by atoms with Gasteiger partial charge in [0.05, 0.1) is 0 Å². The fraction of sp³-hybridized carbons (Fsp3) is 0. The van der Waals surface area contributed by atoms with Crippen molar-refractivity contribution in [2.24, 2.45) is 0 Å². The van der Waals surface area contributed by atoms with Gasteiger partial charge >= 0.3 is 35.5 Å². The maximum atomic E-state index is 9.31. The van der Waals surface area contributed by atoms with Crippen LogP contribution >= 0.6 is 0 Å².